The highest BCUT2D eigenvalue weighted by molar-refractivity contribution is 5.51. The zero-order valence-corrected chi connectivity index (χ0v) is 11.1. The third-order valence-corrected chi connectivity index (χ3v) is 3.26. The van der Waals surface area contributed by atoms with Gasteiger partial charge in [-0.2, -0.15) is 0 Å². The van der Waals surface area contributed by atoms with E-state index in [0.717, 1.165) is 29.4 Å². The maximum absolute atomic E-state index is 5.75. The lowest BCUT2D eigenvalue weighted by Gasteiger charge is -2.13. The van der Waals surface area contributed by atoms with Crippen LogP contribution in [0.1, 0.15) is 18.4 Å². The van der Waals surface area contributed by atoms with Gasteiger partial charge in [0.1, 0.15) is 12.4 Å². The van der Waals surface area contributed by atoms with E-state index >= 15 is 0 Å². The first-order chi connectivity index (χ1) is 9.36. The molecule has 0 radical (unpaired) electrons. The molecule has 0 unspecified atom stereocenters. The Bertz CT molecular complexity index is 445. The maximum atomic E-state index is 5.75. The minimum atomic E-state index is 0.284. The van der Waals surface area contributed by atoms with Crippen LogP contribution in [0, 0.1) is 0 Å². The van der Waals surface area contributed by atoms with Gasteiger partial charge in [-0.1, -0.05) is 0 Å². The number of nitrogens with one attached hydrogen (secondary N) is 1. The summed E-state index contributed by atoms with van der Waals surface area (Å²) in [6.07, 6.45) is 2.54. The first-order valence-electron chi connectivity index (χ1n) is 6.64. The first-order valence-corrected chi connectivity index (χ1v) is 6.64. The van der Waals surface area contributed by atoms with E-state index in [2.05, 4.69) is 5.32 Å². The second kappa shape index (κ2) is 5.67. The van der Waals surface area contributed by atoms with E-state index in [1.54, 1.807) is 7.11 Å². The summed E-state index contributed by atoms with van der Waals surface area (Å²) in [6, 6.07) is 4.57. The highest BCUT2D eigenvalue weighted by Crippen LogP contribution is 2.38. The van der Waals surface area contributed by atoms with Crippen molar-refractivity contribution >= 4 is 0 Å². The van der Waals surface area contributed by atoms with E-state index in [9.17, 15) is 0 Å². The van der Waals surface area contributed by atoms with Gasteiger partial charge < -0.3 is 24.3 Å². The Morgan fingerprint density at radius 3 is 2.74 bits per heavy atom. The topological polar surface area (TPSA) is 49.0 Å². The standard InChI is InChI=1S/C14H19NO4/c1-16-4-5-17-12-7-14-13(18-9-19-14)6-10(12)8-15-11-2-3-11/h6-7,11,15H,2-5,8-9H2,1H3. The lowest BCUT2D eigenvalue weighted by atomic mass is 10.1. The molecule has 0 bridgehead atoms. The number of methoxy groups -OCH3 is 1. The molecule has 19 heavy (non-hydrogen) atoms. The smallest absolute Gasteiger partial charge is 0.231 e. The summed E-state index contributed by atoms with van der Waals surface area (Å²) in [7, 11) is 1.67. The van der Waals surface area contributed by atoms with Crippen molar-refractivity contribution in [2.24, 2.45) is 0 Å². The van der Waals surface area contributed by atoms with Crippen LogP contribution < -0.4 is 19.5 Å². The predicted octanol–water partition coefficient (Wildman–Crippen LogP) is 1.69. The van der Waals surface area contributed by atoms with Crippen LogP contribution in [-0.2, 0) is 11.3 Å². The summed E-state index contributed by atoms with van der Waals surface area (Å²) in [5.74, 6) is 2.39. The molecule has 1 saturated carbocycles. The highest BCUT2D eigenvalue weighted by Gasteiger charge is 2.22. The minimum Gasteiger partial charge on any atom is -0.491 e. The van der Waals surface area contributed by atoms with Gasteiger partial charge in [0, 0.05) is 31.3 Å². The summed E-state index contributed by atoms with van der Waals surface area (Å²) < 4.78 is 21.6. The number of hydrogen-bond acceptors (Lipinski definition) is 5. The quantitative estimate of drug-likeness (QED) is 0.760. The average molecular weight is 265 g/mol. The van der Waals surface area contributed by atoms with Crippen molar-refractivity contribution in [3.05, 3.63) is 17.7 Å². The van der Waals surface area contributed by atoms with Gasteiger partial charge >= 0.3 is 0 Å². The van der Waals surface area contributed by atoms with Crippen LogP contribution in [0.15, 0.2) is 12.1 Å². The first kappa shape index (κ1) is 12.6. The molecular formula is C14H19NO4. The van der Waals surface area contributed by atoms with Crippen LogP contribution in [0.3, 0.4) is 0 Å². The molecule has 0 atom stereocenters. The second-order valence-electron chi connectivity index (χ2n) is 4.81. The van der Waals surface area contributed by atoms with Crippen LogP contribution in [0.4, 0.5) is 0 Å². The summed E-state index contributed by atoms with van der Waals surface area (Å²) in [6.45, 7) is 2.19. The maximum Gasteiger partial charge on any atom is 0.231 e. The molecule has 1 heterocycles. The molecule has 5 heteroatoms. The largest absolute Gasteiger partial charge is 0.491 e. The Kier molecular flexibility index (Phi) is 3.75. The lowest BCUT2D eigenvalue weighted by molar-refractivity contribution is 0.145. The summed E-state index contributed by atoms with van der Waals surface area (Å²) >= 11 is 0. The van der Waals surface area contributed by atoms with Crippen LogP contribution in [0.5, 0.6) is 17.2 Å². The molecule has 1 N–H and O–H groups in total. The number of benzene rings is 1. The van der Waals surface area contributed by atoms with Gasteiger partial charge in [0.05, 0.1) is 6.61 Å². The van der Waals surface area contributed by atoms with Crippen molar-refractivity contribution in [3.63, 3.8) is 0 Å². The number of hydrogen-bond donors (Lipinski definition) is 1. The van der Waals surface area contributed by atoms with Gasteiger partial charge in [-0.05, 0) is 18.9 Å². The highest BCUT2D eigenvalue weighted by atomic mass is 16.7. The molecule has 1 fully saturated rings. The summed E-state index contributed by atoms with van der Waals surface area (Å²) in [5, 5.41) is 3.49. The van der Waals surface area contributed by atoms with Gasteiger partial charge in [-0.25, -0.2) is 0 Å². The molecule has 104 valence electrons. The average Bonchev–Trinajstić information content (AvgIpc) is 3.14. The van der Waals surface area contributed by atoms with E-state index in [1.165, 1.54) is 12.8 Å². The van der Waals surface area contributed by atoms with Gasteiger partial charge in [-0.15, -0.1) is 0 Å². The normalized spacial score (nSPS) is 16.7. The third-order valence-electron chi connectivity index (χ3n) is 3.26. The Hall–Kier alpha value is -1.46. The van der Waals surface area contributed by atoms with Crippen LogP contribution in [0.2, 0.25) is 0 Å². The van der Waals surface area contributed by atoms with Gasteiger partial charge in [0.15, 0.2) is 11.5 Å². The Morgan fingerprint density at radius 2 is 2.00 bits per heavy atom. The van der Waals surface area contributed by atoms with Crippen molar-refractivity contribution in [2.45, 2.75) is 25.4 Å². The Morgan fingerprint density at radius 1 is 1.21 bits per heavy atom. The number of ether oxygens (including phenoxy) is 4. The number of fused-ring (bicyclic) bond motifs is 1. The molecule has 1 aliphatic heterocycles. The molecular weight excluding hydrogens is 246 g/mol. The molecule has 1 aromatic carbocycles. The van der Waals surface area contributed by atoms with Crippen molar-refractivity contribution in [2.75, 3.05) is 27.1 Å². The predicted molar refractivity (Wildman–Crippen MR) is 69.8 cm³/mol. The van der Waals surface area contributed by atoms with Gasteiger partial charge in [0.2, 0.25) is 6.79 Å². The zero-order chi connectivity index (χ0) is 13.1. The monoisotopic (exact) mass is 265 g/mol. The van der Waals surface area contributed by atoms with E-state index < -0.39 is 0 Å². The van der Waals surface area contributed by atoms with Crippen molar-refractivity contribution in [1.29, 1.82) is 0 Å². The number of rotatable bonds is 7. The fraction of sp³-hybridized carbons (Fsp3) is 0.571. The van der Waals surface area contributed by atoms with Crippen LogP contribution in [0.25, 0.3) is 0 Å². The van der Waals surface area contributed by atoms with Crippen LogP contribution >= 0.6 is 0 Å². The lowest BCUT2D eigenvalue weighted by Crippen LogP contribution is -2.16. The van der Waals surface area contributed by atoms with E-state index in [0.29, 0.717) is 19.3 Å². The zero-order valence-electron chi connectivity index (χ0n) is 11.1. The summed E-state index contributed by atoms with van der Waals surface area (Å²) in [5.41, 5.74) is 1.10. The van der Waals surface area contributed by atoms with E-state index in [-0.39, 0.29) is 6.79 Å². The molecule has 1 aromatic rings. The molecule has 1 aliphatic carbocycles. The van der Waals surface area contributed by atoms with Crippen molar-refractivity contribution in [3.8, 4) is 17.2 Å². The Balaban J connectivity index is 1.72. The van der Waals surface area contributed by atoms with Gasteiger partial charge in [-0.3, -0.25) is 0 Å². The molecule has 0 spiro atoms. The van der Waals surface area contributed by atoms with Gasteiger partial charge in [0.25, 0.3) is 0 Å². The molecule has 0 amide bonds. The Labute approximate surface area is 112 Å². The van der Waals surface area contributed by atoms with Crippen molar-refractivity contribution in [1.82, 2.24) is 5.32 Å². The fourth-order valence-electron chi connectivity index (χ4n) is 2.01. The summed E-state index contributed by atoms with van der Waals surface area (Å²) in [4.78, 5) is 0. The van der Waals surface area contributed by atoms with E-state index in [4.69, 9.17) is 18.9 Å². The second-order valence-corrected chi connectivity index (χ2v) is 4.81. The SMILES string of the molecule is COCCOc1cc2c(cc1CNC1CC1)OCO2. The van der Waals surface area contributed by atoms with E-state index in [1.807, 2.05) is 12.1 Å². The minimum absolute atomic E-state index is 0.284. The third kappa shape index (κ3) is 3.11. The molecule has 5 nitrogen and oxygen atoms in total. The molecule has 3 rings (SSSR count). The molecule has 0 saturated heterocycles. The van der Waals surface area contributed by atoms with Crippen molar-refractivity contribution < 1.29 is 18.9 Å². The van der Waals surface area contributed by atoms with Crippen LogP contribution in [-0.4, -0.2) is 33.2 Å². The fourth-order valence-corrected chi connectivity index (χ4v) is 2.01. The molecule has 2 aliphatic rings. The molecule has 0 aromatic heterocycles.